The van der Waals surface area contributed by atoms with Crippen LogP contribution >= 0.6 is 0 Å². The van der Waals surface area contributed by atoms with E-state index >= 15 is 0 Å². The molecule has 32 heavy (non-hydrogen) atoms. The van der Waals surface area contributed by atoms with Gasteiger partial charge in [0, 0.05) is 24.2 Å². The van der Waals surface area contributed by atoms with E-state index in [0.717, 1.165) is 29.3 Å². The van der Waals surface area contributed by atoms with Gasteiger partial charge < -0.3 is 14.1 Å². The quantitative estimate of drug-likeness (QED) is 0.464. The third kappa shape index (κ3) is 3.77. The summed E-state index contributed by atoms with van der Waals surface area (Å²) in [5, 5.41) is 10.2. The minimum atomic E-state index is -0.861. The van der Waals surface area contributed by atoms with Gasteiger partial charge in [0.15, 0.2) is 18.2 Å². The molecule has 1 amide bonds. The van der Waals surface area contributed by atoms with Gasteiger partial charge in [-0.3, -0.25) is 9.78 Å². The molecule has 162 valence electrons. The monoisotopic (exact) mass is 436 g/mol. The number of benzene rings is 2. The number of rotatable bonds is 5. The third-order valence-corrected chi connectivity index (χ3v) is 5.42. The highest BCUT2D eigenvalue weighted by Gasteiger charge is 2.34. The maximum absolute atomic E-state index is 13.8. The fourth-order valence-corrected chi connectivity index (χ4v) is 3.89. The molecule has 1 atom stereocenters. The van der Waals surface area contributed by atoms with Crippen molar-refractivity contribution in [1.82, 2.24) is 20.1 Å². The lowest BCUT2D eigenvalue weighted by Crippen LogP contribution is -2.34. The molecule has 7 nitrogen and oxygen atoms in total. The molecule has 0 N–H and O–H groups in total. The second-order valence-corrected chi connectivity index (χ2v) is 7.43. The van der Waals surface area contributed by atoms with Crippen molar-refractivity contribution in [3.05, 3.63) is 72.3 Å². The first-order valence-corrected chi connectivity index (χ1v) is 10.1. The first kappa shape index (κ1) is 20.0. The van der Waals surface area contributed by atoms with E-state index in [4.69, 9.17) is 9.15 Å². The molecule has 0 bridgehead atoms. The first-order chi connectivity index (χ1) is 15.6. The molecule has 0 aliphatic carbocycles. The molecule has 0 saturated carbocycles. The van der Waals surface area contributed by atoms with E-state index in [0.29, 0.717) is 30.6 Å². The van der Waals surface area contributed by atoms with Crippen LogP contribution in [0.5, 0.6) is 5.75 Å². The van der Waals surface area contributed by atoms with Crippen molar-refractivity contribution in [2.24, 2.45) is 0 Å². The molecule has 4 aromatic rings. The largest absolute Gasteiger partial charge is 0.481 e. The standard InChI is InChI=1S/C23H18F2N4O3/c24-15-7-8-19(17(25)12-15)31-13-20(30)29-11-3-6-18(29)22-27-28-23(32-22)21-16-5-2-1-4-14(16)9-10-26-21/h1-2,4-5,7-10,12,18H,3,6,11,13H2/t18-/m0/s1. The van der Waals surface area contributed by atoms with Gasteiger partial charge in [-0.05, 0) is 36.4 Å². The lowest BCUT2D eigenvalue weighted by Gasteiger charge is -2.22. The molecule has 2 aromatic heterocycles. The Morgan fingerprint density at radius 2 is 2.03 bits per heavy atom. The Hall–Kier alpha value is -3.88. The fourth-order valence-electron chi connectivity index (χ4n) is 3.89. The van der Waals surface area contributed by atoms with Crippen molar-refractivity contribution in [1.29, 1.82) is 0 Å². The molecule has 5 rings (SSSR count). The van der Waals surface area contributed by atoms with Crippen LogP contribution in [0.25, 0.3) is 22.4 Å². The van der Waals surface area contributed by atoms with Crippen molar-refractivity contribution in [3.63, 3.8) is 0 Å². The van der Waals surface area contributed by atoms with Crippen LogP contribution in [0.3, 0.4) is 0 Å². The summed E-state index contributed by atoms with van der Waals surface area (Å²) < 4.78 is 38.0. The van der Waals surface area contributed by atoms with Crippen LogP contribution < -0.4 is 4.74 Å². The minimum absolute atomic E-state index is 0.183. The average Bonchev–Trinajstić information content (AvgIpc) is 3.47. The predicted molar refractivity (Wildman–Crippen MR) is 111 cm³/mol. The summed E-state index contributed by atoms with van der Waals surface area (Å²) in [5.41, 5.74) is 0.577. The molecular weight excluding hydrogens is 418 g/mol. The molecule has 2 aromatic carbocycles. The van der Waals surface area contributed by atoms with Gasteiger partial charge in [0.2, 0.25) is 5.89 Å². The van der Waals surface area contributed by atoms with Gasteiger partial charge in [0.1, 0.15) is 17.6 Å². The molecule has 1 fully saturated rings. The maximum atomic E-state index is 13.8. The Morgan fingerprint density at radius 1 is 1.16 bits per heavy atom. The number of ether oxygens (including phenoxy) is 1. The minimum Gasteiger partial charge on any atom is -0.481 e. The molecule has 0 unspecified atom stereocenters. The predicted octanol–water partition coefficient (Wildman–Crippen LogP) is 4.31. The smallest absolute Gasteiger partial charge is 0.267 e. The van der Waals surface area contributed by atoms with E-state index in [1.54, 1.807) is 11.1 Å². The lowest BCUT2D eigenvalue weighted by atomic mass is 10.1. The van der Waals surface area contributed by atoms with Crippen molar-refractivity contribution in [3.8, 4) is 17.3 Å². The van der Waals surface area contributed by atoms with Gasteiger partial charge in [-0.1, -0.05) is 24.3 Å². The molecule has 3 heterocycles. The van der Waals surface area contributed by atoms with Gasteiger partial charge >= 0.3 is 0 Å². The van der Waals surface area contributed by atoms with E-state index in [1.807, 2.05) is 30.3 Å². The molecule has 0 radical (unpaired) electrons. The molecule has 0 spiro atoms. The summed E-state index contributed by atoms with van der Waals surface area (Å²) >= 11 is 0. The number of halogens is 2. The second-order valence-electron chi connectivity index (χ2n) is 7.43. The Balaban J connectivity index is 1.33. The number of fused-ring (bicyclic) bond motifs is 1. The van der Waals surface area contributed by atoms with Crippen LogP contribution in [0.1, 0.15) is 24.8 Å². The number of nitrogens with zero attached hydrogens (tertiary/aromatic N) is 4. The number of carbonyl (C=O) groups is 1. The van der Waals surface area contributed by atoms with Gasteiger partial charge in [-0.2, -0.15) is 0 Å². The highest BCUT2D eigenvalue weighted by atomic mass is 19.1. The number of likely N-dealkylation sites (tertiary alicyclic amines) is 1. The summed E-state index contributed by atoms with van der Waals surface area (Å²) in [7, 11) is 0. The molecule has 9 heteroatoms. The fraction of sp³-hybridized carbons (Fsp3) is 0.217. The Labute approximate surface area is 181 Å². The zero-order valence-corrected chi connectivity index (χ0v) is 16.9. The van der Waals surface area contributed by atoms with Gasteiger partial charge in [0.05, 0.1) is 0 Å². The number of hydrogen-bond donors (Lipinski definition) is 0. The van der Waals surface area contributed by atoms with Crippen LogP contribution in [0, 0.1) is 11.6 Å². The number of hydrogen-bond acceptors (Lipinski definition) is 6. The zero-order chi connectivity index (χ0) is 22.1. The molecular formula is C23H18F2N4O3. The highest BCUT2D eigenvalue weighted by Crippen LogP contribution is 2.33. The summed E-state index contributed by atoms with van der Waals surface area (Å²) in [5.74, 6) is -1.51. The normalized spacial score (nSPS) is 15.9. The maximum Gasteiger partial charge on any atom is 0.267 e. The summed E-state index contributed by atoms with van der Waals surface area (Å²) in [4.78, 5) is 18.7. The molecule has 1 saturated heterocycles. The SMILES string of the molecule is O=C(COc1ccc(F)cc1F)N1CCC[C@H]1c1nnc(-c2nccc3ccccc23)o1. The van der Waals surface area contributed by atoms with E-state index in [1.165, 1.54) is 0 Å². The topological polar surface area (TPSA) is 81.4 Å². The summed E-state index contributed by atoms with van der Waals surface area (Å²) in [6.45, 7) is 0.105. The number of amides is 1. The third-order valence-electron chi connectivity index (χ3n) is 5.42. The van der Waals surface area contributed by atoms with Gasteiger partial charge in [-0.15, -0.1) is 10.2 Å². The van der Waals surface area contributed by atoms with E-state index in [2.05, 4.69) is 15.2 Å². The summed E-state index contributed by atoms with van der Waals surface area (Å²) in [6, 6.07) is 12.2. The van der Waals surface area contributed by atoms with E-state index < -0.39 is 17.7 Å². The Morgan fingerprint density at radius 3 is 2.91 bits per heavy atom. The average molecular weight is 436 g/mol. The summed E-state index contributed by atoms with van der Waals surface area (Å²) in [6.07, 6.45) is 3.09. The Bertz CT molecular complexity index is 1290. The lowest BCUT2D eigenvalue weighted by molar-refractivity contribution is -0.134. The van der Waals surface area contributed by atoms with Crippen LogP contribution in [0.15, 0.2) is 59.1 Å². The second kappa shape index (κ2) is 8.33. The van der Waals surface area contributed by atoms with Crippen molar-refractivity contribution < 1.29 is 22.7 Å². The van der Waals surface area contributed by atoms with Gasteiger partial charge in [0.25, 0.3) is 11.8 Å². The molecule has 1 aliphatic rings. The number of carbonyl (C=O) groups excluding carboxylic acids is 1. The first-order valence-electron chi connectivity index (χ1n) is 10.1. The zero-order valence-electron chi connectivity index (χ0n) is 16.9. The van der Waals surface area contributed by atoms with E-state index in [-0.39, 0.29) is 24.2 Å². The number of aromatic nitrogens is 3. The van der Waals surface area contributed by atoms with Crippen LogP contribution in [0.4, 0.5) is 8.78 Å². The van der Waals surface area contributed by atoms with Crippen molar-refractivity contribution >= 4 is 16.7 Å². The van der Waals surface area contributed by atoms with Crippen LogP contribution in [-0.4, -0.2) is 39.1 Å². The van der Waals surface area contributed by atoms with Crippen molar-refractivity contribution in [2.75, 3.05) is 13.2 Å². The van der Waals surface area contributed by atoms with Crippen LogP contribution in [0.2, 0.25) is 0 Å². The highest BCUT2D eigenvalue weighted by molar-refractivity contribution is 5.92. The van der Waals surface area contributed by atoms with Gasteiger partial charge in [-0.25, -0.2) is 8.78 Å². The van der Waals surface area contributed by atoms with E-state index in [9.17, 15) is 13.6 Å². The van der Waals surface area contributed by atoms with Crippen LogP contribution in [-0.2, 0) is 4.79 Å². The van der Waals surface area contributed by atoms with Crippen molar-refractivity contribution in [2.45, 2.75) is 18.9 Å². The Kier molecular flexibility index (Phi) is 5.22. The number of pyridine rings is 1. The molecule has 1 aliphatic heterocycles.